The molecule has 0 N–H and O–H groups in total. The molecule has 0 amide bonds. The van der Waals surface area contributed by atoms with E-state index in [-0.39, 0.29) is 24.8 Å². The van der Waals surface area contributed by atoms with Crippen LogP contribution in [0.3, 0.4) is 0 Å². The number of aryl methyl sites for hydroxylation is 1. The van der Waals surface area contributed by atoms with E-state index in [0.717, 1.165) is 0 Å². The Kier molecular flexibility index (Phi) is 19.1. The van der Waals surface area contributed by atoms with Gasteiger partial charge in [-0.05, 0) is 37.7 Å². The van der Waals surface area contributed by atoms with Gasteiger partial charge in [-0.15, -0.1) is 51.4 Å². The third kappa shape index (κ3) is 11.4. The normalized spacial score (nSPS) is 10.2. The van der Waals surface area contributed by atoms with Crippen molar-refractivity contribution in [1.82, 2.24) is 0 Å². The molecule has 5 aromatic rings. The molecule has 0 aliphatic rings. The van der Waals surface area contributed by atoms with Gasteiger partial charge in [-0.1, -0.05) is 112 Å². The summed E-state index contributed by atoms with van der Waals surface area (Å²) in [6.07, 6.45) is 11.5. The zero-order valence-corrected chi connectivity index (χ0v) is 30.3. The Labute approximate surface area is 283 Å². The molecule has 42 heavy (non-hydrogen) atoms. The summed E-state index contributed by atoms with van der Waals surface area (Å²) in [7, 11) is 0. The zero-order valence-electron chi connectivity index (χ0n) is 26.3. The van der Waals surface area contributed by atoms with E-state index in [4.69, 9.17) is 0 Å². The van der Waals surface area contributed by atoms with E-state index >= 15 is 0 Å². The fraction of sp³-hybridized carbons (Fsp3) is 0.359. The molecule has 5 aromatic carbocycles. The summed E-state index contributed by atoms with van der Waals surface area (Å²) in [6.45, 7) is 11.1. The monoisotopic (exact) mass is 676 g/mol. The number of hydrogen-bond donors (Lipinski definition) is 0. The van der Waals surface area contributed by atoms with Crippen LogP contribution >= 0.6 is 0 Å². The van der Waals surface area contributed by atoms with Crippen LogP contribution in [0.2, 0.25) is 0 Å². The molecule has 0 radical (unpaired) electrons. The van der Waals surface area contributed by atoms with Crippen molar-refractivity contribution in [3.63, 3.8) is 0 Å². The number of fused-ring (bicyclic) bond motifs is 3. The summed E-state index contributed by atoms with van der Waals surface area (Å²) < 4.78 is 1.51. The second-order valence-corrected chi connectivity index (χ2v) is 13.5. The van der Waals surface area contributed by atoms with Crippen LogP contribution in [0.15, 0.2) is 91.0 Å². The van der Waals surface area contributed by atoms with Crippen LogP contribution < -0.4 is 24.8 Å². The van der Waals surface area contributed by atoms with E-state index < -0.39 is 0 Å². The van der Waals surface area contributed by atoms with Gasteiger partial charge >= 0.3 is 41.3 Å². The van der Waals surface area contributed by atoms with E-state index in [2.05, 4.69) is 126 Å². The number of hydrogen-bond acceptors (Lipinski definition) is 0. The fourth-order valence-corrected chi connectivity index (χ4v) is 5.37. The molecule has 5 rings (SSSR count). The molecule has 3 heteroatoms. The van der Waals surface area contributed by atoms with Crippen molar-refractivity contribution < 1.29 is 49.0 Å². The maximum atomic E-state index is 2.42. The Morgan fingerprint density at radius 3 is 1.62 bits per heavy atom. The Morgan fingerprint density at radius 2 is 1.12 bits per heavy atom. The van der Waals surface area contributed by atoms with Gasteiger partial charge in [-0.25, -0.2) is 0 Å². The Hall–Kier alpha value is -1.79. The molecule has 0 unspecified atom stereocenters. The SMILES string of the molecule is CCCCc1ccc(-c2ccc[cH-]2)c(CCCC)c1CCCC.C[C](C)=[Zr+2].[Cl-].[Cl-].c1ccc2c(c1)[cH-]c1ccccc12. The van der Waals surface area contributed by atoms with Gasteiger partial charge in [0.05, 0.1) is 0 Å². The van der Waals surface area contributed by atoms with Crippen molar-refractivity contribution in [3.8, 4) is 11.1 Å². The number of benzene rings is 3. The van der Waals surface area contributed by atoms with Gasteiger partial charge < -0.3 is 24.8 Å². The molecule has 0 heterocycles. The zero-order chi connectivity index (χ0) is 28.7. The van der Waals surface area contributed by atoms with Gasteiger partial charge in [0, 0.05) is 0 Å². The quantitative estimate of drug-likeness (QED) is 0.170. The first kappa shape index (κ1) is 38.2. The Morgan fingerprint density at radius 1 is 0.619 bits per heavy atom. The van der Waals surface area contributed by atoms with Gasteiger partial charge in [0.2, 0.25) is 0 Å². The molecule has 224 valence electrons. The van der Waals surface area contributed by atoms with Gasteiger partial charge in [-0.3, -0.25) is 0 Å². The Balaban J connectivity index is 0.000000390. The van der Waals surface area contributed by atoms with E-state index in [1.54, 1.807) is 40.9 Å². The molecule has 0 aliphatic carbocycles. The predicted molar refractivity (Wildman–Crippen MR) is 177 cm³/mol. The van der Waals surface area contributed by atoms with Crippen LogP contribution in [-0.2, 0) is 43.5 Å². The standard InChI is InChI=1S/C23H33.C13H9.C3H6.2ClH.Zr/c1-4-7-12-20-17-18-22(19-13-10-11-14-19)23(16-9-6-3)21(20)15-8-5-2;1-3-7-12-10(5-1)9-11-6-2-4-8-13(11)12;1-3-2;;;/h10-11,13-14,17-18H,4-9,12,15-16H2,1-3H3;1-9H;1-2H3;2*1H;/q2*-1;;;;+2/p-2. The van der Waals surface area contributed by atoms with E-state index in [1.165, 1.54) is 93.7 Å². The summed E-state index contributed by atoms with van der Waals surface area (Å²) in [5.41, 5.74) is 7.81. The van der Waals surface area contributed by atoms with Gasteiger partial charge in [0.25, 0.3) is 0 Å². The second-order valence-electron chi connectivity index (χ2n) is 11.0. The fourth-order valence-electron chi connectivity index (χ4n) is 5.37. The second kappa shape index (κ2) is 21.0. The average Bonchev–Trinajstić information content (AvgIpc) is 3.62. The first-order chi connectivity index (χ1) is 19.5. The number of halogens is 2. The first-order valence-electron chi connectivity index (χ1n) is 15.4. The van der Waals surface area contributed by atoms with Crippen LogP contribution in [0.4, 0.5) is 0 Å². The molecular formula is C39H48Cl2Zr-2. The van der Waals surface area contributed by atoms with Gasteiger partial charge in [0.15, 0.2) is 0 Å². The summed E-state index contributed by atoms with van der Waals surface area (Å²) in [5.74, 6) is 0. The van der Waals surface area contributed by atoms with Crippen LogP contribution in [0.25, 0.3) is 32.7 Å². The van der Waals surface area contributed by atoms with Crippen molar-refractivity contribution in [2.45, 2.75) is 92.4 Å². The minimum absolute atomic E-state index is 0. The maximum Gasteiger partial charge on any atom is -0.0771 e. The van der Waals surface area contributed by atoms with Crippen LogP contribution in [0, 0.1) is 0 Å². The summed E-state index contributed by atoms with van der Waals surface area (Å²) in [5, 5.41) is 5.39. The van der Waals surface area contributed by atoms with E-state index in [1.807, 2.05) is 0 Å². The van der Waals surface area contributed by atoms with Gasteiger partial charge in [0.1, 0.15) is 0 Å². The molecular weight excluding hydrogens is 631 g/mol. The number of rotatable bonds is 10. The molecule has 0 aromatic heterocycles. The van der Waals surface area contributed by atoms with E-state index in [0.29, 0.717) is 0 Å². The summed E-state index contributed by atoms with van der Waals surface area (Å²) >= 11 is 1.55. The topological polar surface area (TPSA) is 0 Å². The molecule has 0 aliphatic heterocycles. The molecule has 0 spiro atoms. The van der Waals surface area contributed by atoms with Crippen LogP contribution in [0.1, 0.15) is 89.8 Å². The van der Waals surface area contributed by atoms with Crippen molar-refractivity contribution in [2.75, 3.05) is 0 Å². The molecule has 0 nitrogen and oxygen atoms in total. The summed E-state index contributed by atoms with van der Waals surface area (Å²) in [4.78, 5) is 0. The maximum absolute atomic E-state index is 2.42. The largest absolute Gasteiger partial charge is 1.00 e. The first-order valence-corrected chi connectivity index (χ1v) is 16.6. The minimum atomic E-state index is 0. The molecule has 0 fully saturated rings. The third-order valence-electron chi connectivity index (χ3n) is 7.38. The third-order valence-corrected chi connectivity index (χ3v) is 7.38. The molecule has 0 saturated heterocycles. The minimum Gasteiger partial charge on any atom is -1.00 e. The van der Waals surface area contributed by atoms with Gasteiger partial charge in [-0.2, -0.15) is 18.2 Å². The average molecular weight is 679 g/mol. The van der Waals surface area contributed by atoms with Crippen molar-refractivity contribution >= 4 is 24.8 Å². The van der Waals surface area contributed by atoms with Crippen LogP contribution in [-0.4, -0.2) is 3.21 Å². The molecule has 0 bridgehead atoms. The van der Waals surface area contributed by atoms with Crippen molar-refractivity contribution in [2.24, 2.45) is 0 Å². The predicted octanol–water partition coefficient (Wildman–Crippen LogP) is 5.57. The van der Waals surface area contributed by atoms with Crippen molar-refractivity contribution in [3.05, 3.63) is 108 Å². The smallest absolute Gasteiger partial charge is 0.0771 e. The Bertz CT molecular complexity index is 1390. The van der Waals surface area contributed by atoms with Crippen LogP contribution in [0.5, 0.6) is 0 Å². The summed E-state index contributed by atoms with van der Waals surface area (Å²) in [6, 6.07) is 32.9. The van der Waals surface area contributed by atoms with E-state index in [9.17, 15) is 0 Å². The van der Waals surface area contributed by atoms with Crippen molar-refractivity contribution in [1.29, 1.82) is 0 Å². The molecule has 0 saturated carbocycles. The number of unbranched alkanes of at least 4 members (excludes halogenated alkanes) is 3. The molecule has 0 atom stereocenters.